The second-order valence-corrected chi connectivity index (χ2v) is 4.61. The number of aromatic nitrogens is 2. The van der Waals surface area contributed by atoms with Crippen LogP contribution >= 0.6 is 0 Å². The van der Waals surface area contributed by atoms with Crippen molar-refractivity contribution in [3.05, 3.63) is 41.7 Å². The number of nitrogens with one attached hydrogen (secondary N) is 2. The first-order valence-electron chi connectivity index (χ1n) is 6.60. The Morgan fingerprint density at radius 3 is 2.37 bits per heavy atom. The minimum Gasteiger partial charge on any atom is -0.370 e. The Hall–Kier alpha value is -2.10. The fraction of sp³-hybridized carbons (Fsp3) is 0.333. The van der Waals surface area contributed by atoms with Gasteiger partial charge in [0.05, 0.1) is 0 Å². The molecule has 2 N–H and O–H groups in total. The van der Waals surface area contributed by atoms with Gasteiger partial charge in [0.1, 0.15) is 18.0 Å². The van der Waals surface area contributed by atoms with E-state index in [0.29, 0.717) is 0 Å². The summed E-state index contributed by atoms with van der Waals surface area (Å²) >= 11 is 0. The molecule has 0 amide bonds. The molecule has 19 heavy (non-hydrogen) atoms. The van der Waals surface area contributed by atoms with Crippen LogP contribution in [0, 0.1) is 13.8 Å². The maximum atomic E-state index is 4.30. The van der Waals surface area contributed by atoms with Gasteiger partial charge < -0.3 is 10.6 Å². The van der Waals surface area contributed by atoms with Gasteiger partial charge in [0.2, 0.25) is 0 Å². The number of rotatable bonds is 5. The summed E-state index contributed by atoms with van der Waals surface area (Å²) < 4.78 is 0. The summed E-state index contributed by atoms with van der Waals surface area (Å²) in [6.45, 7) is 7.15. The molecular formula is C15H20N4. The smallest absolute Gasteiger partial charge is 0.138 e. The minimum absolute atomic E-state index is 0.845. The van der Waals surface area contributed by atoms with Gasteiger partial charge in [-0.3, -0.25) is 0 Å². The molecule has 4 heteroatoms. The fourth-order valence-electron chi connectivity index (χ4n) is 1.77. The third-order valence-corrected chi connectivity index (χ3v) is 2.94. The second-order valence-electron chi connectivity index (χ2n) is 4.61. The van der Waals surface area contributed by atoms with E-state index in [4.69, 9.17) is 0 Å². The number of benzene rings is 1. The van der Waals surface area contributed by atoms with Crippen LogP contribution in [0.1, 0.15) is 24.5 Å². The molecular weight excluding hydrogens is 236 g/mol. The van der Waals surface area contributed by atoms with E-state index in [2.05, 4.69) is 58.7 Å². The Morgan fingerprint density at radius 2 is 1.68 bits per heavy atom. The summed E-state index contributed by atoms with van der Waals surface area (Å²) in [5, 5.41) is 6.63. The van der Waals surface area contributed by atoms with E-state index >= 15 is 0 Å². The highest BCUT2D eigenvalue weighted by Crippen LogP contribution is 2.22. The Bertz CT molecular complexity index is 534. The number of aryl methyl sites for hydroxylation is 1. The summed E-state index contributed by atoms with van der Waals surface area (Å²) in [4.78, 5) is 8.57. The molecule has 1 heterocycles. The van der Waals surface area contributed by atoms with E-state index in [1.807, 2.05) is 6.92 Å². The van der Waals surface area contributed by atoms with E-state index in [9.17, 15) is 0 Å². The molecule has 0 saturated heterocycles. The monoisotopic (exact) mass is 256 g/mol. The quantitative estimate of drug-likeness (QED) is 0.857. The number of hydrogen-bond donors (Lipinski definition) is 2. The van der Waals surface area contributed by atoms with Crippen molar-refractivity contribution in [3.63, 3.8) is 0 Å². The second kappa shape index (κ2) is 6.18. The lowest BCUT2D eigenvalue weighted by Gasteiger charge is -2.12. The van der Waals surface area contributed by atoms with Gasteiger partial charge in [0.25, 0.3) is 0 Å². The third kappa shape index (κ3) is 3.44. The molecule has 1 aromatic carbocycles. The lowest BCUT2D eigenvalue weighted by molar-refractivity contribution is 0.960. The van der Waals surface area contributed by atoms with Crippen LogP contribution in [0.3, 0.4) is 0 Å². The van der Waals surface area contributed by atoms with Crippen LogP contribution in [-0.4, -0.2) is 16.5 Å². The molecule has 0 aliphatic rings. The maximum absolute atomic E-state index is 4.30. The van der Waals surface area contributed by atoms with Gasteiger partial charge in [-0.25, -0.2) is 9.97 Å². The van der Waals surface area contributed by atoms with Crippen molar-refractivity contribution in [2.45, 2.75) is 27.2 Å². The van der Waals surface area contributed by atoms with E-state index in [0.717, 1.165) is 35.9 Å². The summed E-state index contributed by atoms with van der Waals surface area (Å²) in [7, 11) is 0. The Kier molecular flexibility index (Phi) is 4.34. The average molecular weight is 256 g/mol. The van der Waals surface area contributed by atoms with Crippen LogP contribution in [0.5, 0.6) is 0 Å². The van der Waals surface area contributed by atoms with E-state index in [1.54, 1.807) is 6.33 Å². The van der Waals surface area contributed by atoms with Crippen LogP contribution in [0.2, 0.25) is 0 Å². The van der Waals surface area contributed by atoms with Crippen molar-refractivity contribution < 1.29 is 0 Å². The summed E-state index contributed by atoms with van der Waals surface area (Å²) in [6.07, 6.45) is 2.66. The van der Waals surface area contributed by atoms with E-state index in [1.165, 1.54) is 5.56 Å². The zero-order valence-corrected chi connectivity index (χ0v) is 11.7. The number of nitrogens with zero attached hydrogens (tertiary/aromatic N) is 2. The molecule has 0 spiro atoms. The summed E-state index contributed by atoms with van der Waals surface area (Å²) in [5.41, 5.74) is 3.32. The highest BCUT2D eigenvalue weighted by molar-refractivity contribution is 5.64. The lowest BCUT2D eigenvalue weighted by atomic mass is 10.2. The molecule has 0 unspecified atom stereocenters. The van der Waals surface area contributed by atoms with E-state index < -0.39 is 0 Å². The number of hydrogen-bond acceptors (Lipinski definition) is 4. The molecule has 1 aromatic heterocycles. The van der Waals surface area contributed by atoms with Gasteiger partial charge in [-0.1, -0.05) is 24.6 Å². The molecule has 0 bridgehead atoms. The Balaban J connectivity index is 2.18. The molecule has 2 rings (SSSR count). The van der Waals surface area contributed by atoms with Gasteiger partial charge in [-0.15, -0.1) is 0 Å². The van der Waals surface area contributed by atoms with Gasteiger partial charge in [-0.2, -0.15) is 0 Å². The highest BCUT2D eigenvalue weighted by atomic mass is 15.1. The molecule has 2 aromatic rings. The van der Waals surface area contributed by atoms with Crippen molar-refractivity contribution >= 4 is 17.3 Å². The minimum atomic E-state index is 0.845. The first-order chi connectivity index (χ1) is 9.20. The van der Waals surface area contributed by atoms with E-state index in [-0.39, 0.29) is 0 Å². The molecule has 4 nitrogen and oxygen atoms in total. The fourth-order valence-corrected chi connectivity index (χ4v) is 1.77. The van der Waals surface area contributed by atoms with Crippen molar-refractivity contribution in [1.82, 2.24) is 9.97 Å². The van der Waals surface area contributed by atoms with Crippen LogP contribution in [-0.2, 0) is 0 Å². The van der Waals surface area contributed by atoms with Gasteiger partial charge >= 0.3 is 0 Å². The topological polar surface area (TPSA) is 49.8 Å². The van der Waals surface area contributed by atoms with Crippen molar-refractivity contribution in [2.75, 3.05) is 17.2 Å². The first-order valence-corrected chi connectivity index (χ1v) is 6.60. The highest BCUT2D eigenvalue weighted by Gasteiger charge is 2.06. The molecule has 0 aliphatic heterocycles. The number of anilines is 3. The van der Waals surface area contributed by atoms with Gasteiger partial charge in [0, 0.05) is 17.8 Å². The maximum Gasteiger partial charge on any atom is 0.138 e. The third-order valence-electron chi connectivity index (χ3n) is 2.94. The Morgan fingerprint density at radius 1 is 1.00 bits per heavy atom. The normalized spacial score (nSPS) is 10.3. The zero-order valence-electron chi connectivity index (χ0n) is 11.7. The lowest BCUT2D eigenvalue weighted by Crippen LogP contribution is -2.06. The van der Waals surface area contributed by atoms with Gasteiger partial charge in [-0.05, 0) is 32.4 Å². The summed E-state index contributed by atoms with van der Waals surface area (Å²) in [5.74, 6) is 1.74. The predicted molar refractivity (Wildman–Crippen MR) is 80.0 cm³/mol. The van der Waals surface area contributed by atoms with Gasteiger partial charge in [0.15, 0.2) is 0 Å². The first kappa shape index (κ1) is 13.3. The molecule has 0 aliphatic carbocycles. The van der Waals surface area contributed by atoms with Crippen LogP contribution < -0.4 is 10.6 Å². The molecule has 0 radical (unpaired) electrons. The molecule has 0 fully saturated rings. The predicted octanol–water partition coefficient (Wildman–Crippen LogP) is 3.66. The van der Waals surface area contributed by atoms with Crippen LogP contribution in [0.25, 0.3) is 0 Å². The zero-order chi connectivity index (χ0) is 13.7. The molecule has 0 atom stereocenters. The SMILES string of the molecule is CCCNc1ncnc(Nc2ccc(C)cc2)c1C. The van der Waals surface area contributed by atoms with Crippen LogP contribution in [0.15, 0.2) is 30.6 Å². The largest absolute Gasteiger partial charge is 0.370 e. The summed E-state index contributed by atoms with van der Waals surface area (Å²) in [6, 6.07) is 8.26. The standard InChI is InChI=1S/C15H20N4/c1-4-9-16-14-12(3)15(18-10-17-14)19-13-7-5-11(2)6-8-13/h5-8,10H,4,9H2,1-3H3,(H2,16,17,18,19). The average Bonchev–Trinajstić information content (AvgIpc) is 2.42. The van der Waals surface area contributed by atoms with Crippen molar-refractivity contribution in [3.8, 4) is 0 Å². The van der Waals surface area contributed by atoms with Crippen molar-refractivity contribution in [2.24, 2.45) is 0 Å². The molecule has 100 valence electrons. The Labute approximate surface area is 114 Å². The van der Waals surface area contributed by atoms with Crippen molar-refractivity contribution in [1.29, 1.82) is 0 Å². The molecule has 0 saturated carbocycles. The van der Waals surface area contributed by atoms with Crippen LogP contribution in [0.4, 0.5) is 17.3 Å².